The molecule has 1 aromatic carbocycles. The fraction of sp³-hybridized carbons (Fsp3) is 0.538. The third-order valence-corrected chi connectivity index (χ3v) is 3.03. The van der Waals surface area contributed by atoms with Crippen molar-refractivity contribution in [2.24, 2.45) is 0 Å². The summed E-state index contributed by atoms with van der Waals surface area (Å²) in [5, 5.41) is 9.07. The van der Waals surface area contributed by atoms with Crippen LogP contribution in [0.4, 0.5) is 5.69 Å². The predicted molar refractivity (Wildman–Crippen MR) is 64.7 cm³/mol. The molecule has 1 heterocycles. The number of aliphatic hydroxyl groups excluding tert-OH is 1. The van der Waals surface area contributed by atoms with E-state index in [1.54, 1.807) is 0 Å². The van der Waals surface area contributed by atoms with E-state index in [0.717, 1.165) is 25.3 Å². The van der Waals surface area contributed by atoms with Crippen LogP contribution >= 0.6 is 0 Å². The summed E-state index contributed by atoms with van der Waals surface area (Å²) in [5.41, 5.74) is 3.45. The number of nitrogens with zero attached hydrogens (tertiary/aromatic N) is 1. The zero-order chi connectivity index (χ0) is 11.5. The summed E-state index contributed by atoms with van der Waals surface area (Å²) in [5.74, 6) is 0. The van der Waals surface area contributed by atoms with E-state index in [9.17, 15) is 0 Å². The van der Waals surface area contributed by atoms with E-state index >= 15 is 0 Å². The van der Waals surface area contributed by atoms with Crippen LogP contribution in [-0.2, 0) is 11.3 Å². The lowest BCUT2D eigenvalue weighted by Crippen LogP contribution is -2.41. The monoisotopic (exact) mass is 221 g/mol. The first-order valence-corrected chi connectivity index (χ1v) is 5.77. The van der Waals surface area contributed by atoms with Gasteiger partial charge < -0.3 is 14.7 Å². The molecule has 0 amide bonds. The number of aliphatic hydroxyl groups is 1. The molecule has 1 unspecified atom stereocenters. The second-order valence-corrected chi connectivity index (χ2v) is 4.41. The highest BCUT2D eigenvalue weighted by molar-refractivity contribution is 5.54. The third kappa shape index (κ3) is 2.36. The Morgan fingerprint density at radius 1 is 1.50 bits per heavy atom. The third-order valence-electron chi connectivity index (χ3n) is 3.03. The Balaban J connectivity index is 2.19. The van der Waals surface area contributed by atoms with Crippen molar-refractivity contribution >= 4 is 5.69 Å². The van der Waals surface area contributed by atoms with Crippen LogP contribution in [0, 0.1) is 6.92 Å². The summed E-state index contributed by atoms with van der Waals surface area (Å²) in [4.78, 5) is 2.35. The summed E-state index contributed by atoms with van der Waals surface area (Å²) < 4.78 is 5.53. The van der Waals surface area contributed by atoms with Crippen LogP contribution < -0.4 is 4.90 Å². The Morgan fingerprint density at radius 3 is 2.94 bits per heavy atom. The molecule has 0 aromatic heterocycles. The molecule has 3 heteroatoms. The van der Waals surface area contributed by atoms with E-state index in [2.05, 4.69) is 30.9 Å². The van der Waals surface area contributed by atoms with Gasteiger partial charge in [-0.25, -0.2) is 0 Å². The van der Waals surface area contributed by atoms with Crippen LogP contribution in [-0.4, -0.2) is 30.9 Å². The van der Waals surface area contributed by atoms with Crippen molar-refractivity contribution < 1.29 is 9.84 Å². The lowest BCUT2D eigenvalue weighted by Gasteiger charge is -2.34. The highest BCUT2D eigenvalue weighted by atomic mass is 16.5. The maximum Gasteiger partial charge on any atom is 0.0722 e. The normalized spacial score (nSPS) is 21.2. The zero-order valence-electron chi connectivity index (χ0n) is 9.94. The van der Waals surface area contributed by atoms with Gasteiger partial charge in [0.2, 0.25) is 0 Å². The van der Waals surface area contributed by atoms with Crippen LogP contribution in [0.2, 0.25) is 0 Å². The molecule has 1 aliphatic rings. The molecule has 1 N–H and O–H groups in total. The molecule has 0 spiro atoms. The first-order chi connectivity index (χ1) is 7.70. The van der Waals surface area contributed by atoms with Crippen LogP contribution in [0.15, 0.2) is 18.2 Å². The molecule has 1 saturated heterocycles. The molecular weight excluding hydrogens is 202 g/mol. The van der Waals surface area contributed by atoms with Crippen molar-refractivity contribution in [1.29, 1.82) is 0 Å². The predicted octanol–water partition coefficient (Wildman–Crippen LogP) is 1.71. The number of morpholine rings is 1. The molecule has 16 heavy (non-hydrogen) atoms. The number of hydrogen-bond donors (Lipinski definition) is 1. The second kappa shape index (κ2) is 4.85. The van der Waals surface area contributed by atoms with Crippen molar-refractivity contribution in [3.05, 3.63) is 29.3 Å². The maximum absolute atomic E-state index is 9.07. The van der Waals surface area contributed by atoms with Gasteiger partial charge in [-0.1, -0.05) is 12.1 Å². The Labute approximate surface area is 96.6 Å². The van der Waals surface area contributed by atoms with E-state index < -0.39 is 0 Å². The Kier molecular flexibility index (Phi) is 3.46. The number of benzene rings is 1. The van der Waals surface area contributed by atoms with Crippen LogP contribution in [0.25, 0.3) is 0 Å². The van der Waals surface area contributed by atoms with Crippen LogP contribution in [0.3, 0.4) is 0 Å². The van der Waals surface area contributed by atoms with Gasteiger partial charge in [0, 0.05) is 18.8 Å². The van der Waals surface area contributed by atoms with Gasteiger partial charge in [0.15, 0.2) is 0 Å². The summed E-state index contributed by atoms with van der Waals surface area (Å²) in [6, 6.07) is 6.14. The van der Waals surface area contributed by atoms with E-state index in [1.165, 1.54) is 11.3 Å². The Morgan fingerprint density at radius 2 is 2.31 bits per heavy atom. The minimum Gasteiger partial charge on any atom is -0.392 e. The molecule has 1 fully saturated rings. The average Bonchev–Trinajstić information content (AvgIpc) is 2.28. The molecule has 2 rings (SSSR count). The lowest BCUT2D eigenvalue weighted by molar-refractivity contribution is 0.0532. The van der Waals surface area contributed by atoms with Crippen molar-refractivity contribution in [1.82, 2.24) is 0 Å². The molecule has 0 bridgehead atoms. The van der Waals surface area contributed by atoms with Crippen LogP contribution in [0.5, 0.6) is 0 Å². The maximum atomic E-state index is 9.07. The topological polar surface area (TPSA) is 32.7 Å². The number of ether oxygens (including phenoxy) is 1. The standard InChI is InChI=1S/C13H19NO2/c1-10-7-12(9-15)3-4-13(10)14-5-6-16-11(2)8-14/h3-4,7,11,15H,5-6,8-9H2,1-2H3. The van der Waals surface area contributed by atoms with E-state index in [4.69, 9.17) is 9.84 Å². The fourth-order valence-corrected chi connectivity index (χ4v) is 2.21. The van der Waals surface area contributed by atoms with Gasteiger partial charge in [-0.2, -0.15) is 0 Å². The summed E-state index contributed by atoms with van der Waals surface area (Å²) in [6.45, 7) is 6.99. The first-order valence-electron chi connectivity index (χ1n) is 5.77. The fourth-order valence-electron chi connectivity index (χ4n) is 2.21. The van der Waals surface area contributed by atoms with Gasteiger partial charge in [0.05, 0.1) is 19.3 Å². The van der Waals surface area contributed by atoms with Gasteiger partial charge in [-0.05, 0) is 31.0 Å². The molecular formula is C13H19NO2. The molecule has 1 aromatic rings. The quantitative estimate of drug-likeness (QED) is 0.825. The summed E-state index contributed by atoms with van der Waals surface area (Å²) in [6.07, 6.45) is 0.297. The number of hydrogen-bond acceptors (Lipinski definition) is 3. The smallest absolute Gasteiger partial charge is 0.0722 e. The SMILES string of the molecule is Cc1cc(CO)ccc1N1CCOC(C)C1. The van der Waals surface area contributed by atoms with Gasteiger partial charge in [-0.15, -0.1) is 0 Å². The van der Waals surface area contributed by atoms with Gasteiger partial charge in [-0.3, -0.25) is 0 Å². The van der Waals surface area contributed by atoms with Gasteiger partial charge in [0.1, 0.15) is 0 Å². The highest BCUT2D eigenvalue weighted by Crippen LogP contribution is 2.23. The first kappa shape index (κ1) is 11.4. The van der Waals surface area contributed by atoms with E-state index in [1.807, 2.05) is 6.07 Å². The number of aryl methyl sites for hydroxylation is 1. The number of anilines is 1. The molecule has 0 radical (unpaired) electrons. The second-order valence-electron chi connectivity index (χ2n) is 4.41. The van der Waals surface area contributed by atoms with Crippen molar-refractivity contribution in [3.8, 4) is 0 Å². The average molecular weight is 221 g/mol. The lowest BCUT2D eigenvalue weighted by atomic mass is 10.1. The van der Waals surface area contributed by atoms with Gasteiger partial charge >= 0.3 is 0 Å². The number of rotatable bonds is 2. The van der Waals surface area contributed by atoms with Crippen molar-refractivity contribution in [2.45, 2.75) is 26.6 Å². The van der Waals surface area contributed by atoms with E-state index in [-0.39, 0.29) is 6.61 Å². The highest BCUT2D eigenvalue weighted by Gasteiger charge is 2.18. The van der Waals surface area contributed by atoms with Crippen molar-refractivity contribution in [3.63, 3.8) is 0 Å². The Hall–Kier alpha value is -1.06. The largest absolute Gasteiger partial charge is 0.392 e. The van der Waals surface area contributed by atoms with E-state index in [0.29, 0.717) is 6.10 Å². The minimum atomic E-state index is 0.112. The zero-order valence-corrected chi connectivity index (χ0v) is 9.94. The molecule has 0 saturated carbocycles. The van der Waals surface area contributed by atoms with Crippen molar-refractivity contribution in [2.75, 3.05) is 24.6 Å². The Bertz CT molecular complexity index is 365. The molecule has 88 valence electrons. The molecule has 0 aliphatic carbocycles. The molecule has 3 nitrogen and oxygen atoms in total. The molecule has 1 atom stereocenters. The summed E-state index contributed by atoms with van der Waals surface area (Å²) in [7, 11) is 0. The minimum absolute atomic E-state index is 0.112. The summed E-state index contributed by atoms with van der Waals surface area (Å²) >= 11 is 0. The van der Waals surface area contributed by atoms with Crippen LogP contribution in [0.1, 0.15) is 18.1 Å². The van der Waals surface area contributed by atoms with Gasteiger partial charge in [0.25, 0.3) is 0 Å². The molecule has 1 aliphatic heterocycles.